The van der Waals surface area contributed by atoms with E-state index in [2.05, 4.69) is 53.5 Å². The van der Waals surface area contributed by atoms with Gasteiger partial charge in [-0.1, -0.05) is 42.4 Å². The van der Waals surface area contributed by atoms with Crippen LogP contribution in [0, 0.1) is 17.3 Å². The van der Waals surface area contributed by atoms with E-state index in [0.717, 1.165) is 36.4 Å². The van der Waals surface area contributed by atoms with E-state index >= 15 is 0 Å². The lowest BCUT2D eigenvalue weighted by molar-refractivity contribution is 0.0896. The van der Waals surface area contributed by atoms with Crippen LogP contribution in [0.15, 0.2) is 24.5 Å². The first-order valence-corrected chi connectivity index (χ1v) is 10.6. The number of aryl methyl sites for hydroxylation is 2. The number of fused-ring (bicyclic) bond motifs is 1. The molecule has 3 heteroatoms. The van der Waals surface area contributed by atoms with Crippen molar-refractivity contribution in [3.63, 3.8) is 0 Å². The van der Waals surface area contributed by atoms with Crippen LogP contribution in [0.4, 0.5) is 5.82 Å². The molecule has 1 aliphatic heterocycles. The van der Waals surface area contributed by atoms with Crippen LogP contribution in [0.2, 0.25) is 0 Å². The molecule has 4 rings (SSSR count). The van der Waals surface area contributed by atoms with Gasteiger partial charge in [-0.3, -0.25) is 0 Å². The highest BCUT2D eigenvalue weighted by Crippen LogP contribution is 2.61. The van der Waals surface area contributed by atoms with Crippen LogP contribution in [0.25, 0.3) is 0 Å². The molecule has 0 aromatic carbocycles. The van der Waals surface area contributed by atoms with Crippen molar-refractivity contribution in [1.29, 1.82) is 0 Å². The lowest BCUT2D eigenvalue weighted by Crippen LogP contribution is -2.52. The van der Waals surface area contributed by atoms with Crippen molar-refractivity contribution in [3.8, 4) is 0 Å². The van der Waals surface area contributed by atoms with Gasteiger partial charge in [-0.15, -0.1) is 0 Å². The zero-order chi connectivity index (χ0) is 16.9. The Labute approximate surface area is 154 Å². The number of pyridine rings is 1. The lowest BCUT2D eigenvalue weighted by atomic mass is 9.62. The number of allylic oxidation sites excluding steroid dienone is 1. The smallest absolute Gasteiger partial charge is 0.136 e. The fourth-order valence-corrected chi connectivity index (χ4v) is 5.42. The lowest BCUT2D eigenvalue weighted by Gasteiger charge is -2.52. The summed E-state index contributed by atoms with van der Waals surface area (Å²) in [6.07, 6.45) is 10.6. The Morgan fingerprint density at radius 1 is 1.38 bits per heavy atom. The zero-order valence-electron chi connectivity index (χ0n) is 15.0. The van der Waals surface area contributed by atoms with Crippen molar-refractivity contribution in [2.24, 2.45) is 17.3 Å². The molecule has 2 atom stereocenters. The van der Waals surface area contributed by atoms with Gasteiger partial charge in [-0.25, -0.2) is 4.98 Å². The summed E-state index contributed by atoms with van der Waals surface area (Å²) in [6, 6.07) is 3.01. The van der Waals surface area contributed by atoms with Crippen LogP contribution in [0.1, 0.15) is 57.1 Å². The minimum atomic E-state index is 0.567. The molecule has 0 spiro atoms. The van der Waals surface area contributed by atoms with E-state index in [4.69, 9.17) is 4.98 Å². The fraction of sp³-hybridized carbons (Fsp3) is 0.667. The average Bonchev–Trinajstić information content (AvgIpc) is 3.27. The topological polar surface area (TPSA) is 16.1 Å². The number of alkyl halides is 1. The van der Waals surface area contributed by atoms with Gasteiger partial charge in [-0.05, 0) is 73.3 Å². The number of aromatic nitrogens is 1. The summed E-state index contributed by atoms with van der Waals surface area (Å²) in [5.74, 6) is 3.11. The van der Waals surface area contributed by atoms with Crippen molar-refractivity contribution >= 4 is 21.7 Å². The van der Waals surface area contributed by atoms with Gasteiger partial charge < -0.3 is 4.90 Å². The van der Waals surface area contributed by atoms with Gasteiger partial charge in [0.1, 0.15) is 5.82 Å². The number of hydrogen-bond donors (Lipinski definition) is 0. The molecule has 24 heavy (non-hydrogen) atoms. The maximum absolute atomic E-state index is 4.88. The maximum Gasteiger partial charge on any atom is 0.136 e. The molecule has 2 fully saturated rings. The largest absolute Gasteiger partial charge is 0.327 e. The Morgan fingerprint density at radius 3 is 2.79 bits per heavy atom. The van der Waals surface area contributed by atoms with Crippen molar-refractivity contribution in [1.82, 2.24) is 4.98 Å². The third kappa shape index (κ3) is 2.83. The zero-order valence-corrected chi connectivity index (χ0v) is 16.6. The van der Waals surface area contributed by atoms with E-state index < -0.39 is 0 Å². The number of rotatable bonds is 5. The summed E-state index contributed by atoms with van der Waals surface area (Å²) >= 11 is 3.53. The summed E-state index contributed by atoms with van der Waals surface area (Å²) in [5.41, 5.74) is 4.66. The first-order valence-electron chi connectivity index (χ1n) is 9.52. The highest BCUT2D eigenvalue weighted by atomic mass is 79.9. The van der Waals surface area contributed by atoms with Crippen molar-refractivity contribution in [2.45, 2.75) is 64.8 Å². The molecule has 2 saturated carbocycles. The molecule has 0 saturated heterocycles. The van der Waals surface area contributed by atoms with Gasteiger partial charge >= 0.3 is 0 Å². The second-order valence-electron chi connectivity index (χ2n) is 8.59. The van der Waals surface area contributed by atoms with E-state index in [0.29, 0.717) is 11.5 Å². The van der Waals surface area contributed by atoms with Crippen LogP contribution < -0.4 is 4.90 Å². The third-order valence-electron chi connectivity index (χ3n) is 6.62. The molecule has 2 aliphatic carbocycles. The normalized spacial score (nSPS) is 34.7. The van der Waals surface area contributed by atoms with Crippen LogP contribution in [0.5, 0.6) is 0 Å². The number of halogens is 1. The molecule has 0 amide bonds. The standard InChI is InChI=1S/C21H29BrN2/c1-14-9-19(14)21(3)11-18(12-21)24-15(2)6-7-17-10-16(5-4-8-22)13-23-20(17)24/h10,13-14,18-19H,2,4-9,11-12H2,1,3H3/t14-,18?,19?,21?/m0/s1. The van der Waals surface area contributed by atoms with E-state index in [1.54, 1.807) is 0 Å². The number of hydrogen-bond acceptors (Lipinski definition) is 2. The minimum absolute atomic E-state index is 0.567. The SMILES string of the molecule is C=C1CCc2cc(CCCBr)cnc2N1C1CC(C)(C2C[C@@H]2C)C1. The van der Waals surface area contributed by atoms with Gasteiger partial charge in [0.15, 0.2) is 0 Å². The van der Waals surface area contributed by atoms with E-state index in [1.165, 1.54) is 48.3 Å². The summed E-state index contributed by atoms with van der Waals surface area (Å²) in [6.45, 7) is 9.29. The monoisotopic (exact) mass is 388 g/mol. The van der Waals surface area contributed by atoms with E-state index in [9.17, 15) is 0 Å². The average molecular weight is 389 g/mol. The molecule has 1 aromatic rings. The molecule has 3 aliphatic rings. The summed E-state index contributed by atoms with van der Waals surface area (Å²) < 4.78 is 0. The van der Waals surface area contributed by atoms with Crippen molar-refractivity contribution < 1.29 is 0 Å². The molecule has 130 valence electrons. The first-order chi connectivity index (χ1) is 11.5. The van der Waals surface area contributed by atoms with Crippen molar-refractivity contribution in [2.75, 3.05) is 10.2 Å². The Kier molecular flexibility index (Phi) is 4.27. The third-order valence-corrected chi connectivity index (χ3v) is 7.18. The van der Waals surface area contributed by atoms with Crippen LogP contribution in [-0.4, -0.2) is 16.4 Å². The maximum atomic E-state index is 4.88. The molecular weight excluding hydrogens is 360 g/mol. The van der Waals surface area contributed by atoms with E-state index in [1.807, 2.05) is 0 Å². The quantitative estimate of drug-likeness (QED) is 0.618. The Hall–Kier alpha value is -0.830. The van der Waals surface area contributed by atoms with Gasteiger partial charge in [0.05, 0.1) is 0 Å². The van der Waals surface area contributed by atoms with Gasteiger partial charge in [0.2, 0.25) is 0 Å². The Morgan fingerprint density at radius 2 is 2.12 bits per heavy atom. The highest BCUT2D eigenvalue weighted by Gasteiger charge is 2.55. The molecule has 1 unspecified atom stereocenters. The molecule has 0 N–H and O–H groups in total. The summed E-state index contributed by atoms with van der Waals surface area (Å²) in [5, 5.41) is 1.06. The predicted octanol–water partition coefficient (Wildman–Crippen LogP) is 5.50. The van der Waals surface area contributed by atoms with Crippen LogP contribution in [-0.2, 0) is 12.8 Å². The summed E-state index contributed by atoms with van der Waals surface area (Å²) in [7, 11) is 0. The van der Waals surface area contributed by atoms with E-state index in [-0.39, 0.29) is 0 Å². The molecule has 0 bridgehead atoms. The van der Waals surface area contributed by atoms with Gasteiger partial charge in [0.25, 0.3) is 0 Å². The number of anilines is 1. The van der Waals surface area contributed by atoms with Crippen LogP contribution in [0.3, 0.4) is 0 Å². The predicted molar refractivity (Wildman–Crippen MR) is 105 cm³/mol. The molecule has 0 radical (unpaired) electrons. The molecule has 1 aromatic heterocycles. The second-order valence-corrected chi connectivity index (χ2v) is 9.38. The van der Waals surface area contributed by atoms with Crippen LogP contribution >= 0.6 is 15.9 Å². The number of nitrogens with zero attached hydrogens (tertiary/aromatic N) is 2. The van der Waals surface area contributed by atoms with Gasteiger partial charge in [0, 0.05) is 23.3 Å². The summed E-state index contributed by atoms with van der Waals surface area (Å²) in [4.78, 5) is 7.37. The Bertz CT molecular complexity index is 647. The molecular formula is C21H29BrN2. The fourth-order valence-electron chi connectivity index (χ4n) is 5.14. The van der Waals surface area contributed by atoms with Crippen molar-refractivity contribution in [3.05, 3.63) is 35.7 Å². The molecule has 2 heterocycles. The Balaban J connectivity index is 1.52. The van der Waals surface area contributed by atoms with Gasteiger partial charge in [-0.2, -0.15) is 0 Å². The first kappa shape index (κ1) is 16.6. The molecule has 2 nitrogen and oxygen atoms in total. The minimum Gasteiger partial charge on any atom is -0.327 e. The highest BCUT2D eigenvalue weighted by molar-refractivity contribution is 9.09. The second kappa shape index (κ2) is 6.16.